The Kier molecular flexibility index (Phi) is 6.30. The van der Waals surface area contributed by atoms with Crippen molar-refractivity contribution in [2.24, 2.45) is 0 Å². The molecule has 7 heteroatoms. The van der Waals surface area contributed by atoms with Crippen molar-refractivity contribution in [1.82, 2.24) is 10.2 Å². The number of benzene rings is 2. The SMILES string of the molecule is COc1ccc(C(=O)N2CC[C@@](C)(O)[C@@H](NC(=O)c3ccccc3)[C@@H]2c2cccs2)cc1. The number of likely N-dealkylation sites (tertiary alicyclic amines) is 1. The number of methoxy groups -OCH3 is 1. The van der Waals surface area contributed by atoms with Crippen LogP contribution in [0.5, 0.6) is 5.75 Å². The molecule has 2 amide bonds. The van der Waals surface area contributed by atoms with Gasteiger partial charge in [0, 0.05) is 22.5 Å². The number of thiophene rings is 1. The van der Waals surface area contributed by atoms with Crippen LogP contribution in [0.2, 0.25) is 0 Å². The van der Waals surface area contributed by atoms with Gasteiger partial charge in [0.05, 0.1) is 24.8 Å². The van der Waals surface area contributed by atoms with E-state index in [0.29, 0.717) is 29.8 Å². The number of nitrogens with zero attached hydrogens (tertiary/aromatic N) is 1. The molecule has 1 aliphatic heterocycles. The molecule has 2 heterocycles. The Bertz CT molecular complexity index is 1070. The van der Waals surface area contributed by atoms with E-state index in [1.54, 1.807) is 67.5 Å². The Morgan fingerprint density at radius 3 is 2.41 bits per heavy atom. The number of rotatable bonds is 5. The molecular weight excluding hydrogens is 424 g/mol. The Morgan fingerprint density at radius 1 is 1.06 bits per heavy atom. The molecule has 2 aromatic carbocycles. The van der Waals surface area contributed by atoms with Gasteiger partial charge in [-0.05, 0) is 61.2 Å². The smallest absolute Gasteiger partial charge is 0.254 e. The van der Waals surface area contributed by atoms with Gasteiger partial charge in [0.2, 0.25) is 0 Å². The lowest BCUT2D eigenvalue weighted by molar-refractivity contribution is -0.0541. The maximum atomic E-state index is 13.5. The van der Waals surface area contributed by atoms with Crippen molar-refractivity contribution in [2.75, 3.05) is 13.7 Å². The first kappa shape index (κ1) is 22.0. The van der Waals surface area contributed by atoms with E-state index in [-0.39, 0.29) is 11.8 Å². The highest BCUT2D eigenvalue weighted by Gasteiger charge is 2.48. The lowest BCUT2D eigenvalue weighted by Crippen LogP contribution is -2.63. The second-order valence-electron chi connectivity index (χ2n) is 8.11. The minimum atomic E-state index is -1.18. The summed E-state index contributed by atoms with van der Waals surface area (Å²) in [4.78, 5) is 29.2. The lowest BCUT2D eigenvalue weighted by Gasteiger charge is -2.48. The van der Waals surface area contributed by atoms with E-state index in [1.165, 1.54) is 11.3 Å². The van der Waals surface area contributed by atoms with E-state index < -0.39 is 17.7 Å². The van der Waals surface area contributed by atoms with E-state index in [1.807, 2.05) is 23.6 Å². The average Bonchev–Trinajstić information content (AvgIpc) is 3.35. The standard InChI is InChI=1S/C25H26N2O4S/c1-25(30)14-15-27(24(29)18-10-12-19(31-2)13-11-18)21(20-9-6-16-32-20)22(25)26-23(28)17-7-4-3-5-8-17/h3-13,16,21-22,30H,14-15H2,1-2H3,(H,26,28)/t21-,22-,25+/m0/s1. The molecule has 0 spiro atoms. The van der Waals surface area contributed by atoms with Crippen molar-refractivity contribution in [3.05, 3.63) is 88.1 Å². The molecule has 0 saturated carbocycles. The maximum Gasteiger partial charge on any atom is 0.254 e. The highest BCUT2D eigenvalue weighted by Crippen LogP contribution is 2.39. The Hall–Kier alpha value is -3.16. The second kappa shape index (κ2) is 9.14. The van der Waals surface area contributed by atoms with E-state index in [2.05, 4.69) is 5.32 Å². The molecule has 166 valence electrons. The van der Waals surface area contributed by atoms with Crippen LogP contribution in [0.4, 0.5) is 0 Å². The van der Waals surface area contributed by atoms with Gasteiger partial charge in [-0.2, -0.15) is 0 Å². The summed E-state index contributed by atoms with van der Waals surface area (Å²) in [5.74, 6) is 0.239. The third kappa shape index (κ3) is 4.40. The van der Waals surface area contributed by atoms with Crippen molar-refractivity contribution < 1.29 is 19.4 Å². The van der Waals surface area contributed by atoms with Crippen molar-refractivity contribution in [1.29, 1.82) is 0 Å². The summed E-state index contributed by atoms with van der Waals surface area (Å²) < 4.78 is 5.20. The minimum absolute atomic E-state index is 0.152. The number of amides is 2. The van der Waals surface area contributed by atoms with Crippen LogP contribution in [0.3, 0.4) is 0 Å². The predicted octanol–water partition coefficient (Wildman–Crippen LogP) is 3.89. The van der Waals surface area contributed by atoms with Crippen molar-refractivity contribution in [3.63, 3.8) is 0 Å². The molecule has 2 N–H and O–H groups in total. The van der Waals surface area contributed by atoms with Gasteiger partial charge in [0.1, 0.15) is 5.75 Å². The van der Waals surface area contributed by atoms with Crippen LogP contribution in [-0.2, 0) is 0 Å². The fraction of sp³-hybridized carbons (Fsp3) is 0.280. The molecule has 0 bridgehead atoms. The quantitative estimate of drug-likeness (QED) is 0.618. The number of carbonyl (C=O) groups is 2. The van der Waals surface area contributed by atoms with Crippen molar-refractivity contribution in [3.8, 4) is 5.75 Å². The number of hydrogen-bond donors (Lipinski definition) is 2. The van der Waals surface area contributed by atoms with E-state index in [4.69, 9.17) is 4.74 Å². The number of nitrogens with one attached hydrogen (secondary N) is 1. The third-order valence-corrected chi connectivity index (χ3v) is 6.88. The Labute approximate surface area is 191 Å². The summed E-state index contributed by atoms with van der Waals surface area (Å²) in [5, 5.41) is 16.2. The van der Waals surface area contributed by atoms with Gasteiger partial charge in [-0.1, -0.05) is 24.3 Å². The average molecular weight is 451 g/mol. The molecule has 1 aliphatic rings. The molecule has 6 nitrogen and oxygen atoms in total. The zero-order valence-corrected chi connectivity index (χ0v) is 18.8. The van der Waals surface area contributed by atoms with Crippen LogP contribution < -0.4 is 10.1 Å². The predicted molar refractivity (Wildman–Crippen MR) is 124 cm³/mol. The van der Waals surface area contributed by atoms with Crippen LogP contribution in [-0.4, -0.2) is 47.1 Å². The van der Waals surface area contributed by atoms with Crippen LogP contribution in [0.1, 0.15) is 45.0 Å². The molecule has 4 rings (SSSR count). The molecule has 1 fully saturated rings. The number of carbonyl (C=O) groups excluding carboxylic acids is 2. The molecular formula is C25H26N2O4S. The van der Waals surface area contributed by atoms with E-state index >= 15 is 0 Å². The van der Waals surface area contributed by atoms with Gasteiger partial charge in [-0.15, -0.1) is 11.3 Å². The van der Waals surface area contributed by atoms with Gasteiger partial charge in [0.15, 0.2) is 0 Å². The molecule has 1 aromatic heterocycles. The van der Waals surface area contributed by atoms with E-state index in [9.17, 15) is 14.7 Å². The van der Waals surface area contributed by atoms with Gasteiger partial charge in [0.25, 0.3) is 11.8 Å². The summed E-state index contributed by atoms with van der Waals surface area (Å²) >= 11 is 1.50. The maximum absolute atomic E-state index is 13.5. The summed E-state index contributed by atoms with van der Waals surface area (Å²) in [5.41, 5.74) is -0.149. The summed E-state index contributed by atoms with van der Waals surface area (Å²) in [7, 11) is 1.58. The Balaban J connectivity index is 1.69. The first-order valence-electron chi connectivity index (χ1n) is 10.5. The molecule has 1 saturated heterocycles. The van der Waals surface area contributed by atoms with Gasteiger partial charge >= 0.3 is 0 Å². The fourth-order valence-corrected chi connectivity index (χ4v) is 4.99. The summed E-state index contributed by atoms with van der Waals surface area (Å²) in [6.45, 7) is 2.09. The molecule has 3 atom stereocenters. The summed E-state index contributed by atoms with van der Waals surface area (Å²) in [6.07, 6.45) is 0.344. The first-order chi connectivity index (χ1) is 15.4. The number of aliphatic hydroxyl groups is 1. The molecule has 0 radical (unpaired) electrons. The number of piperidine rings is 1. The Morgan fingerprint density at radius 2 is 1.78 bits per heavy atom. The fourth-order valence-electron chi connectivity index (χ4n) is 4.11. The zero-order chi connectivity index (χ0) is 22.7. The van der Waals surface area contributed by atoms with Crippen molar-refractivity contribution >= 4 is 23.2 Å². The lowest BCUT2D eigenvalue weighted by atomic mass is 9.81. The van der Waals surface area contributed by atoms with Crippen LogP contribution in [0.15, 0.2) is 72.1 Å². The molecule has 0 aliphatic carbocycles. The minimum Gasteiger partial charge on any atom is -0.497 e. The molecule has 3 aromatic rings. The highest BCUT2D eigenvalue weighted by molar-refractivity contribution is 7.10. The van der Waals surface area contributed by atoms with Crippen LogP contribution in [0, 0.1) is 0 Å². The van der Waals surface area contributed by atoms with Crippen LogP contribution >= 0.6 is 11.3 Å². The van der Waals surface area contributed by atoms with Gasteiger partial charge in [-0.3, -0.25) is 9.59 Å². The topological polar surface area (TPSA) is 78.9 Å². The highest BCUT2D eigenvalue weighted by atomic mass is 32.1. The van der Waals surface area contributed by atoms with Crippen molar-refractivity contribution in [2.45, 2.75) is 31.0 Å². The van der Waals surface area contributed by atoms with Gasteiger partial charge < -0.3 is 20.1 Å². The molecule has 32 heavy (non-hydrogen) atoms. The second-order valence-corrected chi connectivity index (χ2v) is 9.09. The monoisotopic (exact) mass is 450 g/mol. The third-order valence-electron chi connectivity index (χ3n) is 5.94. The largest absolute Gasteiger partial charge is 0.497 e. The summed E-state index contributed by atoms with van der Waals surface area (Å²) in [6, 6.07) is 18.5. The normalized spacial score (nSPS) is 22.9. The number of ether oxygens (including phenoxy) is 1. The van der Waals surface area contributed by atoms with Crippen LogP contribution in [0.25, 0.3) is 0 Å². The number of hydrogen-bond acceptors (Lipinski definition) is 5. The first-order valence-corrected chi connectivity index (χ1v) is 11.4. The zero-order valence-electron chi connectivity index (χ0n) is 18.0. The molecule has 0 unspecified atom stereocenters. The van der Waals surface area contributed by atoms with Gasteiger partial charge in [-0.25, -0.2) is 0 Å². The van der Waals surface area contributed by atoms with E-state index in [0.717, 1.165) is 4.88 Å².